The first-order valence-corrected chi connectivity index (χ1v) is 7.46. The van der Waals surface area contributed by atoms with Gasteiger partial charge in [-0.1, -0.05) is 0 Å². The first kappa shape index (κ1) is 11.5. The van der Waals surface area contributed by atoms with Crippen LogP contribution in [0, 0.1) is 5.41 Å². The lowest BCUT2D eigenvalue weighted by atomic mass is 9.84. The van der Waals surface area contributed by atoms with Crippen molar-refractivity contribution in [2.75, 3.05) is 11.5 Å². The summed E-state index contributed by atoms with van der Waals surface area (Å²) in [7, 11) is -3.21. The van der Waals surface area contributed by atoms with E-state index >= 15 is 0 Å². The van der Waals surface area contributed by atoms with E-state index in [4.69, 9.17) is 0 Å². The molecule has 1 saturated heterocycles. The zero-order valence-corrected chi connectivity index (χ0v) is 10.1. The van der Waals surface area contributed by atoms with Crippen LogP contribution in [-0.2, 0) is 21.1 Å². The Bertz CT molecular complexity index is 494. The van der Waals surface area contributed by atoms with E-state index in [9.17, 15) is 18.3 Å². The van der Waals surface area contributed by atoms with Gasteiger partial charge in [-0.15, -0.1) is 11.3 Å². The highest BCUT2D eigenvalue weighted by Crippen LogP contribution is 2.36. The molecule has 5 nitrogen and oxygen atoms in total. The van der Waals surface area contributed by atoms with Gasteiger partial charge in [-0.25, -0.2) is 13.4 Å². The molecule has 0 saturated carbocycles. The van der Waals surface area contributed by atoms with Crippen LogP contribution in [0.1, 0.15) is 11.4 Å². The predicted octanol–water partition coefficient (Wildman–Crippen LogP) is 0.575. The van der Waals surface area contributed by atoms with E-state index in [1.165, 1.54) is 11.3 Å². The lowest BCUT2D eigenvalue weighted by Gasteiger charge is -2.20. The first-order chi connectivity index (χ1) is 7.44. The van der Waals surface area contributed by atoms with E-state index in [2.05, 4.69) is 4.98 Å². The summed E-state index contributed by atoms with van der Waals surface area (Å²) in [6.07, 6.45) is 1.99. The maximum absolute atomic E-state index is 11.4. The molecule has 1 atom stereocenters. The summed E-state index contributed by atoms with van der Waals surface area (Å²) in [5.41, 5.74) is -1.17. The molecule has 0 aromatic carbocycles. The van der Waals surface area contributed by atoms with Gasteiger partial charge in [-0.05, 0) is 6.42 Å². The second-order valence-electron chi connectivity index (χ2n) is 4.03. The van der Waals surface area contributed by atoms with Crippen LogP contribution in [0.4, 0.5) is 0 Å². The van der Waals surface area contributed by atoms with Gasteiger partial charge in [-0.3, -0.25) is 4.79 Å². The van der Waals surface area contributed by atoms with Gasteiger partial charge in [0.25, 0.3) is 0 Å². The maximum Gasteiger partial charge on any atom is 0.311 e. The molecule has 2 rings (SSSR count). The summed E-state index contributed by atoms with van der Waals surface area (Å²) in [4.78, 5) is 15.3. The summed E-state index contributed by atoms with van der Waals surface area (Å²) in [5.74, 6) is -1.34. The highest BCUT2D eigenvalue weighted by molar-refractivity contribution is 7.91. The Hall–Kier alpha value is -0.950. The molecule has 1 unspecified atom stereocenters. The number of hydrogen-bond acceptors (Lipinski definition) is 5. The van der Waals surface area contributed by atoms with E-state index in [1.54, 1.807) is 11.6 Å². The van der Waals surface area contributed by atoms with Crippen molar-refractivity contribution >= 4 is 27.1 Å². The average Bonchev–Trinajstić information content (AvgIpc) is 2.75. The molecular formula is C9H11NO4S2. The molecule has 0 radical (unpaired) electrons. The molecule has 16 heavy (non-hydrogen) atoms. The summed E-state index contributed by atoms with van der Waals surface area (Å²) >= 11 is 1.36. The first-order valence-electron chi connectivity index (χ1n) is 4.76. The van der Waals surface area contributed by atoms with Crippen LogP contribution in [0.5, 0.6) is 0 Å². The fourth-order valence-electron chi connectivity index (χ4n) is 1.93. The van der Waals surface area contributed by atoms with Crippen molar-refractivity contribution in [2.24, 2.45) is 5.41 Å². The third kappa shape index (κ3) is 2.10. The van der Waals surface area contributed by atoms with E-state index < -0.39 is 21.2 Å². The number of carboxylic acid groups (broad SMARTS) is 1. The van der Waals surface area contributed by atoms with E-state index in [0.29, 0.717) is 5.01 Å². The largest absolute Gasteiger partial charge is 0.481 e. The van der Waals surface area contributed by atoms with Crippen molar-refractivity contribution in [2.45, 2.75) is 12.8 Å². The zero-order chi connectivity index (χ0) is 11.8. The molecule has 1 N–H and O–H groups in total. The van der Waals surface area contributed by atoms with Gasteiger partial charge in [0.1, 0.15) is 0 Å². The number of nitrogens with zero attached hydrogens (tertiary/aromatic N) is 1. The third-order valence-electron chi connectivity index (χ3n) is 2.81. The van der Waals surface area contributed by atoms with Gasteiger partial charge < -0.3 is 5.11 Å². The van der Waals surface area contributed by atoms with Crippen molar-refractivity contribution in [1.29, 1.82) is 0 Å². The molecule has 0 amide bonds. The average molecular weight is 261 g/mol. The Morgan fingerprint density at radius 2 is 2.38 bits per heavy atom. The predicted molar refractivity (Wildman–Crippen MR) is 59.2 cm³/mol. The van der Waals surface area contributed by atoms with Crippen molar-refractivity contribution in [1.82, 2.24) is 4.98 Å². The van der Waals surface area contributed by atoms with E-state index in [-0.39, 0.29) is 24.3 Å². The van der Waals surface area contributed by atoms with Gasteiger partial charge in [0.15, 0.2) is 9.84 Å². The van der Waals surface area contributed by atoms with Gasteiger partial charge in [0, 0.05) is 18.0 Å². The highest BCUT2D eigenvalue weighted by Gasteiger charge is 2.48. The number of carboxylic acids is 1. The monoisotopic (exact) mass is 261 g/mol. The van der Waals surface area contributed by atoms with Gasteiger partial charge >= 0.3 is 5.97 Å². The van der Waals surface area contributed by atoms with Gasteiger partial charge in [-0.2, -0.15) is 0 Å². The molecular weight excluding hydrogens is 250 g/mol. The maximum atomic E-state index is 11.4. The molecule has 1 fully saturated rings. The SMILES string of the molecule is O=C(O)C1(Cc2nccs2)CCS(=O)(=O)C1. The molecule has 1 aromatic heterocycles. The molecule has 0 bridgehead atoms. The number of aromatic nitrogens is 1. The Morgan fingerprint density at radius 3 is 2.81 bits per heavy atom. The number of carbonyl (C=O) groups is 1. The molecule has 2 heterocycles. The van der Waals surface area contributed by atoms with E-state index in [0.717, 1.165) is 0 Å². The third-order valence-corrected chi connectivity index (χ3v) is 5.41. The lowest BCUT2D eigenvalue weighted by Crippen LogP contribution is -2.34. The molecule has 0 aliphatic carbocycles. The fraction of sp³-hybridized carbons (Fsp3) is 0.556. The normalized spacial score (nSPS) is 28.0. The lowest BCUT2D eigenvalue weighted by molar-refractivity contribution is -0.147. The summed E-state index contributed by atoms with van der Waals surface area (Å²) in [6.45, 7) is 0. The number of aliphatic carboxylic acids is 1. The minimum absolute atomic E-state index is 0.0370. The Kier molecular flexibility index (Phi) is 2.75. The van der Waals surface area contributed by atoms with Crippen molar-refractivity contribution in [3.8, 4) is 0 Å². The van der Waals surface area contributed by atoms with Crippen LogP contribution in [0.3, 0.4) is 0 Å². The molecule has 1 aromatic rings. The van der Waals surface area contributed by atoms with Gasteiger partial charge in [0.2, 0.25) is 0 Å². The second kappa shape index (κ2) is 3.81. The standard InChI is InChI=1S/C9H11NO4S2/c11-8(12)9(1-4-16(13,14)6-9)5-7-10-2-3-15-7/h2-3H,1,4-6H2,(H,11,12). The minimum atomic E-state index is -3.21. The minimum Gasteiger partial charge on any atom is -0.481 e. The molecule has 1 aliphatic heterocycles. The van der Waals surface area contributed by atoms with Crippen LogP contribution in [0.2, 0.25) is 0 Å². The Morgan fingerprint density at radius 1 is 1.62 bits per heavy atom. The smallest absolute Gasteiger partial charge is 0.311 e. The molecule has 1 aliphatic rings. The van der Waals surface area contributed by atoms with Crippen LogP contribution < -0.4 is 0 Å². The van der Waals surface area contributed by atoms with E-state index in [1.807, 2.05) is 0 Å². The Balaban J connectivity index is 2.28. The summed E-state index contributed by atoms with van der Waals surface area (Å²) in [6, 6.07) is 0. The topological polar surface area (TPSA) is 84.3 Å². The summed E-state index contributed by atoms with van der Waals surface area (Å²) < 4.78 is 22.8. The molecule has 0 spiro atoms. The van der Waals surface area contributed by atoms with Gasteiger partial charge in [0.05, 0.1) is 21.9 Å². The van der Waals surface area contributed by atoms with Crippen LogP contribution in [0.15, 0.2) is 11.6 Å². The molecule has 7 heteroatoms. The quantitative estimate of drug-likeness (QED) is 0.860. The number of hydrogen-bond donors (Lipinski definition) is 1. The van der Waals surface area contributed by atoms with Crippen LogP contribution >= 0.6 is 11.3 Å². The molecule has 88 valence electrons. The zero-order valence-electron chi connectivity index (χ0n) is 8.42. The van der Waals surface area contributed by atoms with Crippen molar-refractivity contribution < 1.29 is 18.3 Å². The fourth-order valence-corrected chi connectivity index (χ4v) is 4.75. The second-order valence-corrected chi connectivity index (χ2v) is 7.19. The number of rotatable bonds is 3. The van der Waals surface area contributed by atoms with Crippen LogP contribution in [-0.4, -0.2) is 36.0 Å². The van der Waals surface area contributed by atoms with Crippen molar-refractivity contribution in [3.05, 3.63) is 16.6 Å². The summed E-state index contributed by atoms with van der Waals surface area (Å²) in [5, 5.41) is 11.6. The van der Waals surface area contributed by atoms with Crippen molar-refractivity contribution in [3.63, 3.8) is 0 Å². The highest BCUT2D eigenvalue weighted by atomic mass is 32.2. The number of sulfone groups is 1. The van der Waals surface area contributed by atoms with Crippen LogP contribution in [0.25, 0.3) is 0 Å². The Labute approximate surface area is 97.1 Å². The number of thiazole rings is 1.